The lowest BCUT2D eigenvalue weighted by Gasteiger charge is -2.26. The van der Waals surface area contributed by atoms with Crippen molar-refractivity contribution in [2.45, 2.75) is 58.6 Å². The first-order valence-corrected chi connectivity index (χ1v) is 13.1. The fraction of sp³-hybridized carbons (Fsp3) is 0.481. The van der Waals surface area contributed by atoms with E-state index in [-0.39, 0.29) is 37.2 Å². The molecule has 0 fully saturated rings. The third-order valence-corrected chi connectivity index (χ3v) is 6.37. The molecule has 0 saturated carbocycles. The van der Waals surface area contributed by atoms with Crippen LogP contribution in [0.4, 0.5) is 10.6 Å². The zero-order valence-corrected chi connectivity index (χ0v) is 24.0. The van der Waals surface area contributed by atoms with Crippen LogP contribution in [0.15, 0.2) is 36.5 Å². The lowest BCUT2D eigenvalue weighted by Crippen LogP contribution is -2.38. The van der Waals surface area contributed by atoms with Gasteiger partial charge in [-0.25, -0.2) is 9.78 Å². The number of halogens is 2. The molecule has 11 heteroatoms. The summed E-state index contributed by atoms with van der Waals surface area (Å²) in [5, 5.41) is 6.42. The normalized spacial score (nSPS) is 12.8. The second kappa shape index (κ2) is 14.2. The Hall–Kier alpha value is -3.04. The highest BCUT2D eigenvalue weighted by Crippen LogP contribution is 2.27. The van der Waals surface area contributed by atoms with E-state index in [1.54, 1.807) is 43.6 Å². The van der Waals surface area contributed by atoms with E-state index in [0.29, 0.717) is 34.4 Å². The van der Waals surface area contributed by atoms with Crippen LogP contribution in [0.2, 0.25) is 10.0 Å². The van der Waals surface area contributed by atoms with Crippen molar-refractivity contribution < 1.29 is 19.1 Å². The number of carbonyl (C=O) groups is 3. The number of aromatic nitrogens is 1. The summed E-state index contributed by atoms with van der Waals surface area (Å²) >= 11 is 12.2. The molecule has 0 radical (unpaired) electrons. The summed E-state index contributed by atoms with van der Waals surface area (Å²) in [5.41, 5.74) is 6.46. The Morgan fingerprint density at radius 1 is 1.11 bits per heavy atom. The molecule has 0 bridgehead atoms. The molecule has 0 spiro atoms. The molecule has 2 atom stereocenters. The molecule has 2 rings (SSSR count). The molecule has 0 aliphatic rings. The third-order valence-electron chi connectivity index (χ3n) is 5.64. The number of rotatable bonds is 11. The Bertz CT molecular complexity index is 1110. The van der Waals surface area contributed by atoms with E-state index in [1.807, 2.05) is 27.7 Å². The van der Waals surface area contributed by atoms with Gasteiger partial charge in [0.1, 0.15) is 11.4 Å². The van der Waals surface area contributed by atoms with Crippen LogP contribution in [0, 0.1) is 5.92 Å². The third kappa shape index (κ3) is 10.8. The molecule has 4 N–H and O–H groups in total. The molecule has 38 heavy (non-hydrogen) atoms. The summed E-state index contributed by atoms with van der Waals surface area (Å²) in [6, 6.07) is 8.39. The molecule has 3 amide bonds. The quantitative estimate of drug-likeness (QED) is 0.360. The van der Waals surface area contributed by atoms with Gasteiger partial charge in [0.05, 0.1) is 16.0 Å². The summed E-state index contributed by atoms with van der Waals surface area (Å²) in [6.07, 6.45) is 1.99. The molecule has 1 heterocycles. The van der Waals surface area contributed by atoms with Gasteiger partial charge in [-0.05, 0) is 62.4 Å². The van der Waals surface area contributed by atoms with E-state index in [0.717, 1.165) is 5.56 Å². The number of pyridine rings is 1. The zero-order chi connectivity index (χ0) is 28.5. The SMILES string of the molecule is C[C@H](CCC(=O)NC[C@H](C(=O)NCc1ccc(N)nc1)c1ccc(Cl)c(Cl)c1)CN(C)C(=O)OC(C)(C)C. The maximum Gasteiger partial charge on any atom is 0.410 e. The lowest BCUT2D eigenvalue weighted by atomic mass is 9.97. The van der Waals surface area contributed by atoms with Gasteiger partial charge >= 0.3 is 6.09 Å². The molecule has 0 saturated heterocycles. The molecule has 0 unspecified atom stereocenters. The number of ether oxygens (including phenoxy) is 1. The van der Waals surface area contributed by atoms with Gasteiger partial charge in [0, 0.05) is 39.3 Å². The minimum Gasteiger partial charge on any atom is -0.444 e. The summed E-state index contributed by atoms with van der Waals surface area (Å²) < 4.78 is 5.37. The van der Waals surface area contributed by atoms with Crippen molar-refractivity contribution in [3.8, 4) is 0 Å². The van der Waals surface area contributed by atoms with Crippen LogP contribution in [0.25, 0.3) is 0 Å². The molecule has 0 aliphatic carbocycles. The van der Waals surface area contributed by atoms with Crippen LogP contribution in [0.1, 0.15) is 57.6 Å². The minimum atomic E-state index is -0.689. The number of nitrogens with two attached hydrogens (primary N) is 1. The largest absolute Gasteiger partial charge is 0.444 e. The average Bonchev–Trinajstić information content (AvgIpc) is 2.83. The number of hydrogen-bond donors (Lipinski definition) is 3. The summed E-state index contributed by atoms with van der Waals surface area (Å²) in [7, 11) is 1.67. The number of nitrogen functional groups attached to an aromatic ring is 1. The van der Waals surface area contributed by atoms with Gasteiger partial charge in [0.25, 0.3) is 0 Å². The minimum absolute atomic E-state index is 0.0703. The fourth-order valence-corrected chi connectivity index (χ4v) is 3.91. The van der Waals surface area contributed by atoms with E-state index in [2.05, 4.69) is 15.6 Å². The second-order valence-corrected chi connectivity index (χ2v) is 11.2. The summed E-state index contributed by atoms with van der Waals surface area (Å²) in [4.78, 5) is 43.4. The number of amides is 3. The first-order chi connectivity index (χ1) is 17.7. The van der Waals surface area contributed by atoms with Crippen LogP contribution >= 0.6 is 23.2 Å². The Morgan fingerprint density at radius 3 is 2.42 bits per heavy atom. The summed E-state index contributed by atoms with van der Waals surface area (Å²) in [5.74, 6) is -0.709. The van der Waals surface area contributed by atoms with E-state index in [4.69, 9.17) is 33.7 Å². The van der Waals surface area contributed by atoms with Crippen molar-refractivity contribution in [2.24, 2.45) is 5.92 Å². The monoisotopic (exact) mass is 565 g/mol. The molecule has 2 aromatic rings. The Morgan fingerprint density at radius 2 is 1.82 bits per heavy atom. The lowest BCUT2D eigenvalue weighted by molar-refractivity contribution is -0.123. The van der Waals surface area contributed by atoms with Crippen LogP contribution in [0.5, 0.6) is 0 Å². The first-order valence-electron chi connectivity index (χ1n) is 12.4. The van der Waals surface area contributed by atoms with Gasteiger partial charge < -0.3 is 26.0 Å². The van der Waals surface area contributed by atoms with Crippen LogP contribution in [-0.4, -0.2) is 53.5 Å². The number of carbonyl (C=O) groups excluding carboxylic acids is 3. The van der Waals surface area contributed by atoms with Crippen molar-refractivity contribution in [2.75, 3.05) is 25.9 Å². The summed E-state index contributed by atoms with van der Waals surface area (Å²) in [6.45, 7) is 8.19. The van der Waals surface area contributed by atoms with Crippen LogP contribution < -0.4 is 16.4 Å². The molecule has 1 aromatic carbocycles. The topological polar surface area (TPSA) is 127 Å². The van der Waals surface area contributed by atoms with Gasteiger partial charge in [-0.15, -0.1) is 0 Å². The predicted molar refractivity (Wildman–Crippen MR) is 150 cm³/mol. The van der Waals surface area contributed by atoms with Crippen LogP contribution in [-0.2, 0) is 20.9 Å². The number of nitrogens with one attached hydrogen (secondary N) is 2. The number of anilines is 1. The molecule has 1 aromatic heterocycles. The van der Waals surface area contributed by atoms with Gasteiger partial charge in [0.15, 0.2) is 0 Å². The van der Waals surface area contributed by atoms with Gasteiger partial charge in [-0.2, -0.15) is 0 Å². The fourth-order valence-electron chi connectivity index (χ4n) is 3.60. The highest BCUT2D eigenvalue weighted by atomic mass is 35.5. The number of benzene rings is 1. The highest BCUT2D eigenvalue weighted by molar-refractivity contribution is 6.42. The number of hydrogen-bond acceptors (Lipinski definition) is 6. The smallest absolute Gasteiger partial charge is 0.410 e. The van der Waals surface area contributed by atoms with Gasteiger partial charge in [-0.3, -0.25) is 9.59 Å². The van der Waals surface area contributed by atoms with E-state index < -0.39 is 17.6 Å². The van der Waals surface area contributed by atoms with Crippen molar-refractivity contribution in [1.29, 1.82) is 0 Å². The van der Waals surface area contributed by atoms with Gasteiger partial charge in [-0.1, -0.05) is 42.3 Å². The first kappa shape index (κ1) is 31.2. The van der Waals surface area contributed by atoms with Crippen molar-refractivity contribution in [1.82, 2.24) is 20.5 Å². The molecular formula is C27H37Cl2N5O4. The highest BCUT2D eigenvalue weighted by Gasteiger charge is 2.23. The van der Waals surface area contributed by atoms with Crippen molar-refractivity contribution >= 4 is 46.9 Å². The van der Waals surface area contributed by atoms with E-state index >= 15 is 0 Å². The maximum atomic E-state index is 13.1. The Labute approximate surface area is 234 Å². The van der Waals surface area contributed by atoms with E-state index in [9.17, 15) is 14.4 Å². The molecule has 9 nitrogen and oxygen atoms in total. The molecule has 0 aliphatic heterocycles. The van der Waals surface area contributed by atoms with Gasteiger partial charge in [0.2, 0.25) is 11.8 Å². The van der Waals surface area contributed by atoms with Crippen LogP contribution in [0.3, 0.4) is 0 Å². The van der Waals surface area contributed by atoms with Crippen molar-refractivity contribution in [3.63, 3.8) is 0 Å². The Balaban J connectivity index is 1.94. The predicted octanol–water partition coefficient (Wildman–Crippen LogP) is 4.77. The maximum absolute atomic E-state index is 13.1. The second-order valence-electron chi connectivity index (χ2n) is 10.3. The molecular weight excluding hydrogens is 529 g/mol. The average molecular weight is 567 g/mol. The standard InChI is InChI=1S/C27H37Cl2N5O4/c1-17(16-34(5)26(37)38-27(2,3)4)6-11-24(35)32-15-20(19-8-9-21(28)22(29)12-19)25(36)33-14-18-7-10-23(30)31-13-18/h7-10,12-13,17,20H,6,11,14-16H2,1-5H3,(H2,30,31)(H,32,35)(H,33,36)/t17-,20+/m1/s1. The zero-order valence-electron chi connectivity index (χ0n) is 22.5. The Kier molecular flexibility index (Phi) is 11.7. The molecule has 208 valence electrons. The van der Waals surface area contributed by atoms with E-state index in [1.165, 1.54) is 4.90 Å². The number of nitrogens with zero attached hydrogens (tertiary/aromatic N) is 2. The van der Waals surface area contributed by atoms with Crippen molar-refractivity contribution in [3.05, 3.63) is 57.7 Å².